The van der Waals surface area contributed by atoms with E-state index in [0.29, 0.717) is 12.0 Å². The molecule has 1 aliphatic heterocycles. The number of anilines is 1. The van der Waals surface area contributed by atoms with Gasteiger partial charge >= 0.3 is 0 Å². The lowest BCUT2D eigenvalue weighted by atomic mass is 9.89. The minimum atomic E-state index is -0.609. The molecule has 0 bridgehead atoms. The summed E-state index contributed by atoms with van der Waals surface area (Å²) in [6.45, 7) is 0. The number of hydrogen-bond acceptors (Lipinski definition) is 2. The maximum atomic E-state index is 11.2. The zero-order chi connectivity index (χ0) is 26.4. The van der Waals surface area contributed by atoms with Gasteiger partial charge < -0.3 is 15.0 Å². The van der Waals surface area contributed by atoms with E-state index in [1.807, 2.05) is 18.2 Å². The number of benzene rings is 4. The molecular formula is C37H28N2O. The van der Waals surface area contributed by atoms with Gasteiger partial charge in [-0.1, -0.05) is 85.0 Å². The van der Waals surface area contributed by atoms with Gasteiger partial charge in [-0.05, 0) is 76.6 Å². The van der Waals surface area contributed by atoms with E-state index in [9.17, 15) is 5.11 Å². The van der Waals surface area contributed by atoms with Crippen LogP contribution in [-0.2, 0) is 0 Å². The predicted octanol–water partition coefficient (Wildman–Crippen LogP) is 8.68. The molecule has 2 heterocycles. The van der Waals surface area contributed by atoms with E-state index in [2.05, 4.69) is 107 Å². The van der Waals surface area contributed by atoms with Gasteiger partial charge in [-0.25, -0.2) is 0 Å². The Labute approximate surface area is 233 Å². The van der Waals surface area contributed by atoms with E-state index in [-0.39, 0.29) is 0 Å². The van der Waals surface area contributed by atoms with Gasteiger partial charge in [0.25, 0.3) is 0 Å². The van der Waals surface area contributed by atoms with Crippen LogP contribution in [0.25, 0.3) is 44.1 Å². The average Bonchev–Trinajstić information content (AvgIpc) is 3.65. The minimum Gasteiger partial charge on any atom is -0.384 e. The van der Waals surface area contributed by atoms with Gasteiger partial charge in [0, 0.05) is 39.2 Å². The maximum Gasteiger partial charge on any atom is 0.107 e. The highest BCUT2D eigenvalue weighted by Crippen LogP contribution is 2.49. The summed E-state index contributed by atoms with van der Waals surface area (Å²) < 4.78 is 0. The minimum absolute atomic E-state index is 0.318. The van der Waals surface area contributed by atoms with E-state index in [4.69, 9.17) is 0 Å². The first-order chi connectivity index (χ1) is 19.8. The van der Waals surface area contributed by atoms with Crippen molar-refractivity contribution in [2.45, 2.75) is 30.9 Å². The molecule has 2 N–H and O–H groups in total. The van der Waals surface area contributed by atoms with E-state index in [1.54, 1.807) is 0 Å². The van der Waals surface area contributed by atoms with E-state index in [0.717, 1.165) is 51.5 Å². The van der Waals surface area contributed by atoms with E-state index in [1.165, 1.54) is 33.5 Å². The molecule has 40 heavy (non-hydrogen) atoms. The Morgan fingerprint density at radius 3 is 2.58 bits per heavy atom. The number of hydrogen-bond donors (Lipinski definition) is 2. The molecule has 0 saturated heterocycles. The fourth-order valence-electron chi connectivity index (χ4n) is 7.42. The van der Waals surface area contributed by atoms with Crippen LogP contribution in [0, 0.1) is 0 Å². The Morgan fingerprint density at radius 2 is 1.65 bits per heavy atom. The van der Waals surface area contributed by atoms with Crippen LogP contribution in [0.2, 0.25) is 0 Å². The smallest absolute Gasteiger partial charge is 0.107 e. The van der Waals surface area contributed by atoms with Gasteiger partial charge in [-0.3, -0.25) is 0 Å². The standard InChI is InChI=1S/C37H28N2O/c40-37-29-12-5-4-10-25(29)27-16-17-28-30-20-22(14-18-32(30)38-36(28)35(27)37)23-15-19-34-31(21-23)26-11-6-7-13-33(26)39(34)24-8-2-1-3-9-24/h2,4-21,26,33,37-38,40H,1,3H2. The lowest BCUT2D eigenvalue weighted by Crippen LogP contribution is -2.31. The van der Waals surface area contributed by atoms with Gasteiger partial charge in [0.05, 0.1) is 11.6 Å². The zero-order valence-electron chi connectivity index (χ0n) is 22.0. The first kappa shape index (κ1) is 22.2. The van der Waals surface area contributed by atoms with Gasteiger partial charge in [-0.15, -0.1) is 0 Å². The molecule has 3 unspecified atom stereocenters. The molecule has 1 aromatic heterocycles. The molecule has 5 aromatic rings. The molecule has 3 aliphatic carbocycles. The summed E-state index contributed by atoms with van der Waals surface area (Å²) in [5.74, 6) is 0.346. The summed E-state index contributed by atoms with van der Waals surface area (Å²) in [6, 6.07) is 26.6. The highest BCUT2D eigenvalue weighted by Gasteiger charge is 2.38. The third-order valence-corrected chi connectivity index (χ3v) is 9.27. The second-order valence-corrected chi connectivity index (χ2v) is 11.4. The second kappa shape index (κ2) is 8.20. The first-order valence-electron chi connectivity index (χ1n) is 14.3. The molecule has 3 atom stereocenters. The highest BCUT2D eigenvalue weighted by atomic mass is 16.3. The molecule has 0 amide bonds. The van der Waals surface area contributed by atoms with E-state index < -0.39 is 6.10 Å². The summed E-state index contributed by atoms with van der Waals surface area (Å²) in [4.78, 5) is 6.17. The number of aliphatic hydroxyl groups excluding tert-OH is 1. The molecule has 0 spiro atoms. The molecule has 4 aromatic carbocycles. The van der Waals surface area contributed by atoms with Crippen LogP contribution < -0.4 is 4.90 Å². The molecular weight excluding hydrogens is 488 g/mol. The molecule has 3 nitrogen and oxygen atoms in total. The Kier molecular flexibility index (Phi) is 4.56. The van der Waals surface area contributed by atoms with Crippen LogP contribution in [0.5, 0.6) is 0 Å². The van der Waals surface area contributed by atoms with Crippen molar-refractivity contribution >= 4 is 27.5 Å². The third-order valence-electron chi connectivity index (χ3n) is 9.27. The van der Waals surface area contributed by atoms with E-state index >= 15 is 0 Å². The molecule has 0 fully saturated rings. The number of rotatable bonds is 2. The largest absolute Gasteiger partial charge is 0.384 e. The van der Waals surface area contributed by atoms with Crippen molar-refractivity contribution in [3.63, 3.8) is 0 Å². The normalized spacial score (nSPS) is 22.0. The number of aromatic nitrogens is 1. The second-order valence-electron chi connectivity index (χ2n) is 11.4. The quantitative estimate of drug-likeness (QED) is 0.246. The fraction of sp³-hybridized carbons (Fsp3) is 0.135. The number of aromatic amines is 1. The van der Waals surface area contributed by atoms with Crippen LogP contribution in [0.3, 0.4) is 0 Å². The number of nitrogens with one attached hydrogen (secondary N) is 1. The van der Waals surface area contributed by atoms with Gasteiger partial charge in [-0.2, -0.15) is 0 Å². The lowest BCUT2D eigenvalue weighted by Gasteiger charge is -2.30. The van der Waals surface area contributed by atoms with Crippen molar-refractivity contribution in [1.82, 2.24) is 4.98 Å². The molecule has 3 heteroatoms. The van der Waals surface area contributed by atoms with Crippen LogP contribution >= 0.6 is 0 Å². The van der Waals surface area contributed by atoms with Crippen LogP contribution in [0.4, 0.5) is 5.69 Å². The van der Waals surface area contributed by atoms with Crippen LogP contribution in [-0.4, -0.2) is 16.1 Å². The summed E-state index contributed by atoms with van der Waals surface area (Å²) in [6.07, 6.45) is 17.6. The monoisotopic (exact) mass is 516 g/mol. The summed E-state index contributed by atoms with van der Waals surface area (Å²) >= 11 is 0. The number of nitrogens with zero attached hydrogens (tertiary/aromatic N) is 1. The molecule has 0 radical (unpaired) electrons. The van der Waals surface area contributed by atoms with Crippen molar-refractivity contribution in [3.8, 4) is 22.3 Å². The SMILES string of the molecule is OC1c2ccccc2-c2ccc3c([nH]c4ccc(-c5ccc6c(c5)C5C=CC=CC5N6C5=CCCC=C5)cc43)c21. The number of fused-ring (bicyclic) bond motifs is 10. The third kappa shape index (κ3) is 2.98. The van der Waals surface area contributed by atoms with Crippen LogP contribution in [0.15, 0.2) is 121 Å². The number of H-pyrrole nitrogens is 1. The Bertz CT molecular complexity index is 2000. The first-order valence-corrected chi connectivity index (χ1v) is 14.3. The van der Waals surface area contributed by atoms with Crippen molar-refractivity contribution in [2.24, 2.45) is 0 Å². The fourth-order valence-corrected chi connectivity index (χ4v) is 7.42. The highest BCUT2D eigenvalue weighted by molar-refractivity contribution is 6.11. The van der Waals surface area contributed by atoms with Crippen molar-refractivity contribution < 1.29 is 5.11 Å². The topological polar surface area (TPSA) is 39.3 Å². The summed E-state index contributed by atoms with van der Waals surface area (Å²) in [5.41, 5.74) is 12.8. The van der Waals surface area contributed by atoms with Crippen molar-refractivity contribution in [3.05, 3.63) is 138 Å². The van der Waals surface area contributed by atoms with Crippen molar-refractivity contribution in [2.75, 3.05) is 4.90 Å². The molecule has 192 valence electrons. The van der Waals surface area contributed by atoms with Gasteiger partial charge in [0.15, 0.2) is 0 Å². The van der Waals surface area contributed by atoms with Gasteiger partial charge in [0.1, 0.15) is 6.10 Å². The Hall–Kier alpha value is -4.60. The predicted molar refractivity (Wildman–Crippen MR) is 164 cm³/mol. The lowest BCUT2D eigenvalue weighted by molar-refractivity contribution is 0.226. The Balaban J connectivity index is 1.17. The number of aliphatic hydroxyl groups is 1. The number of allylic oxidation sites excluding steroid dienone is 5. The zero-order valence-corrected chi connectivity index (χ0v) is 22.0. The Morgan fingerprint density at radius 1 is 0.775 bits per heavy atom. The average molecular weight is 517 g/mol. The van der Waals surface area contributed by atoms with Crippen LogP contribution in [0.1, 0.15) is 41.6 Å². The molecule has 0 saturated carbocycles. The van der Waals surface area contributed by atoms with Crippen molar-refractivity contribution in [1.29, 1.82) is 0 Å². The van der Waals surface area contributed by atoms with Gasteiger partial charge in [0.2, 0.25) is 0 Å². The maximum absolute atomic E-state index is 11.2. The molecule has 4 aliphatic rings. The summed E-state index contributed by atoms with van der Waals surface area (Å²) in [7, 11) is 0. The molecule has 9 rings (SSSR count). The summed E-state index contributed by atoms with van der Waals surface area (Å²) in [5, 5.41) is 13.6.